The summed E-state index contributed by atoms with van der Waals surface area (Å²) in [5, 5.41) is 7.31. The van der Waals surface area contributed by atoms with Crippen LogP contribution in [0.2, 0.25) is 25.1 Å². The minimum Gasteiger partial charge on any atom is -0.482 e. The van der Waals surface area contributed by atoms with E-state index in [9.17, 15) is 4.79 Å². The van der Waals surface area contributed by atoms with Crippen molar-refractivity contribution in [1.29, 1.82) is 0 Å². The Balaban J connectivity index is 1.64. The lowest BCUT2D eigenvalue weighted by atomic mass is 10.2. The molecule has 2 aromatic heterocycles. The Morgan fingerprint density at radius 2 is 1.73 bits per heavy atom. The number of furan rings is 1. The number of nitrogens with one attached hydrogen (secondary N) is 1. The van der Waals surface area contributed by atoms with Crippen LogP contribution in [0.5, 0.6) is 5.75 Å². The third-order valence-electron chi connectivity index (χ3n) is 4.23. The lowest BCUT2D eigenvalue weighted by molar-refractivity contribution is 0.0919. The first-order valence-electron chi connectivity index (χ1n) is 8.77. The van der Waals surface area contributed by atoms with Crippen molar-refractivity contribution in [2.75, 3.05) is 0 Å². The maximum Gasteiger partial charge on any atom is 0.287 e. The Kier molecular flexibility index (Phi) is 7.47. The highest BCUT2D eigenvalue weighted by molar-refractivity contribution is 6.55. The summed E-state index contributed by atoms with van der Waals surface area (Å²) in [6.07, 6.45) is 1.90. The lowest BCUT2D eigenvalue weighted by Gasteiger charge is -2.12. The predicted molar refractivity (Wildman–Crippen MR) is 118 cm³/mol. The summed E-state index contributed by atoms with van der Waals surface area (Å²) in [7, 11) is 0. The fraction of sp³-hybridized carbons (Fsp3) is 0.263. The van der Waals surface area contributed by atoms with Crippen molar-refractivity contribution in [1.82, 2.24) is 15.1 Å². The average Bonchev–Trinajstić information content (AvgIpc) is 3.35. The van der Waals surface area contributed by atoms with Crippen molar-refractivity contribution >= 4 is 63.9 Å². The van der Waals surface area contributed by atoms with Gasteiger partial charge < -0.3 is 14.5 Å². The lowest BCUT2D eigenvalue weighted by Crippen LogP contribution is -2.22. The summed E-state index contributed by atoms with van der Waals surface area (Å²) in [4.78, 5) is 12.4. The van der Waals surface area contributed by atoms with Crippen LogP contribution in [0.25, 0.3) is 0 Å². The topological polar surface area (TPSA) is 69.3 Å². The molecular weight excluding hydrogens is 495 g/mol. The van der Waals surface area contributed by atoms with E-state index in [2.05, 4.69) is 10.4 Å². The molecule has 1 amide bonds. The van der Waals surface area contributed by atoms with Crippen LogP contribution >= 0.6 is 58.0 Å². The Morgan fingerprint density at radius 3 is 2.33 bits per heavy atom. The number of hydrogen-bond donors (Lipinski definition) is 1. The fourth-order valence-corrected chi connectivity index (χ4v) is 3.82. The van der Waals surface area contributed by atoms with Gasteiger partial charge in [0.2, 0.25) is 0 Å². The standard InChI is InChI=1S/C19H16Cl5N3O3/c1-3-27-7-10(9(2)26-27)6-25-19(28)12-5-4-11(30-12)8-29-18-16(23)14(21)13(20)15(22)17(18)24/h4-5,7H,3,6,8H2,1-2H3,(H,25,28). The zero-order chi connectivity index (χ0) is 22.0. The Hall–Kier alpha value is -1.57. The van der Waals surface area contributed by atoms with Gasteiger partial charge >= 0.3 is 0 Å². The SMILES string of the molecule is CCn1cc(CNC(=O)c2ccc(COc3c(Cl)c(Cl)c(Cl)c(Cl)c3Cl)o2)c(C)n1. The van der Waals surface area contributed by atoms with Crippen LogP contribution in [-0.4, -0.2) is 15.7 Å². The third kappa shape index (κ3) is 4.84. The summed E-state index contributed by atoms with van der Waals surface area (Å²) >= 11 is 30.3. The van der Waals surface area contributed by atoms with Gasteiger partial charge in [0.1, 0.15) is 22.4 Å². The van der Waals surface area contributed by atoms with Crippen molar-refractivity contribution in [2.24, 2.45) is 0 Å². The van der Waals surface area contributed by atoms with Gasteiger partial charge in [-0.25, -0.2) is 0 Å². The van der Waals surface area contributed by atoms with Crippen LogP contribution in [0.3, 0.4) is 0 Å². The summed E-state index contributed by atoms with van der Waals surface area (Å²) in [5.41, 5.74) is 1.79. The van der Waals surface area contributed by atoms with Crippen LogP contribution < -0.4 is 10.1 Å². The van der Waals surface area contributed by atoms with Gasteiger partial charge in [-0.1, -0.05) is 58.0 Å². The normalized spacial score (nSPS) is 11.0. The Labute approximate surface area is 197 Å². The van der Waals surface area contributed by atoms with Crippen molar-refractivity contribution in [2.45, 2.75) is 33.5 Å². The number of halogens is 5. The fourth-order valence-electron chi connectivity index (χ4n) is 2.59. The molecule has 0 aliphatic heterocycles. The van der Waals surface area contributed by atoms with E-state index >= 15 is 0 Å². The van der Waals surface area contributed by atoms with Crippen LogP contribution in [-0.2, 0) is 19.7 Å². The Morgan fingerprint density at radius 1 is 1.10 bits per heavy atom. The molecule has 0 atom stereocenters. The number of amides is 1. The van der Waals surface area contributed by atoms with E-state index < -0.39 is 0 Å². The molecular formula is C19H16Cl5N3O3. The monoisotopic (exact) mass is 509 g/mol. The van der Waals surface area contributed by atoms with E-state index in [-0.39, 0.29) is 49.1 Å². The highest BCUT2D eigenvalue weighted by Crippen LogP contribution is 2.48. The number of aromatic nitrogens is 2. The number of carbonyl (C=O) groups is 1. The molecule has 3 rings (SSSR count). The quantitative estimate of drug-likeness (QED) is 0.287. The summed E-state index contributed by atoms with van der Waals surface area (Å²) in [6.45, 7) is 4.93. The van der Waals surface area contributed by atoms with Gasteiger partial charge in [-0.15, -0.1) is 0 Å². The number of benzene rings is 1. The van der Waals surface area contributed by atoms with Crippen molar-refractivity contribution in [3.8, 4) is 5.75 Å². The zero-order valence-corrected chi connectivity index (χ0v) is 19.6. The first-order valence-corrected chi connectivity index (χ1v) is 10.7. The largest absolute Gasteiger partial charge is 0.482 e. The number of rotatable bonds is 7. The van der Waals surface area contributed by atoms with Crippen LogP contribution in [0, 0.1) is 6.92 Å². The molecule has 30 heavy (non-hydrogen) atoms. The first kappa shape index (κ1) is 23.1. The van der Waals surface area contributed by atoms with Crippen LogP contribution in [0.4, 0.5) is 0 Å². The second kappa shape index (κ2) is 9.71. The number of hydrogen-bond acceptors (Lipinski definition) is 4. The molecule has 0 radical (unpaired) electrons. The van der Waals surface area contributed by atoms with Crippen LogP contribution in [0.1, 0.15) is 34.5 Å². The minimum atomic E-state index is -0.362. The molecule has 0 aliphatic rings. The van der Waals surface area contributed by atoms with E-state index in [4.69, 9.17) is 67.2 Å². The van der Waals surface area contributed by atoms with E-state index in [1.54, 1.807) is 12.1 Å². The maximum absolute atomic E-state index is 12.4. The van der Waals surface area contributed by atoms with Crippen LogP contribution in [0.15, 0.2) is 22.7 Å². The highest BCUT2D eigenvalue weighted by Gasteiger charge is 2.21. The summed E-state index contributed by atoms with van der Waals surface area (Å²) in [5.74, 6) is 0.227. The van der Waals surface area contributed by atoms with E-state index in [0.29, 0.717) is 12.3 Å². The van der Waals surface area contributed by atoms with E-state index in [1.807, 2.05) is 24.7 Å². The Bertz CT molecular complexity index is 1060. The smallest absolute Gasteiger partial charge is 0.287 e. The summed E-state index contributed by atoms with van der Waals surface area (Å²) in [6, 6.07) is 3.15. The molecule has 6 nitrogen and oxygen atoms in total. The molecule has 2 heterocycles. The summed E-state index contributed by atoms with van der Waals surface area (Å²) < 4.78 is 12.9. The van der Waals surface area contributed by atoms with Crippen molar-refractivity contribution in [3.05, 3.63) is 66.2 Å². The highest BCUT2D eigenvalue weighted by atomic mass is 35.5. The second-order valence-electron chi connectivity index (χ2n) is 6.23. The molecule has 0 aliphatic carbocycles. The number of carbonyl (C=O) groups excluding carboxylic acids is 1. The molecule has 0 unspecified atom stereocenters. The van der Waals surface area contributed by atoms with Gasteiger partial charge in [-0.2, -0.15) is 5.10 Å². The molecule has 1 aromatic carbocycles. The molecule has 1 N–H and O–H groups in total. The van der Waals surface area contributed by atoms with E-state index in [0.717, 1.165) is 17.8 Å². The molecule has 3 aromatic rings. The molecule has 0 saturated heterocycles. The average molecular weight is 512 g/mol. The van der Waals surface area contributed by atoms with Gasteiger partial charge in [0.25, 0.3) is 5.91 Å². The zero-order valence-electron chi connectivity index (χ0n) is 15.9. The molecule has 0 saturated carbocycles. The third-order valence-corrected chi connectivity index (χ3v) is 6.47. The van der Waals surface area contributed by atoms with E-state index in [1.165, 1.54) is 0 Å². The maximum atomic E-state index is 12.4. The molecule has 0 fully saturated rings. The van der Waals surface area contributed by atoms with Crippen molar-refractivity contribution < 1.29 is 13.9 Å². The predicted octanol–water partition coefficient (Wildman–Crippen LogP) is 6.58. The molecule has 0 bridgehead atoms. The van der Waals surface area contributed by atoms with Gasteiger partial charge in [0, 0.05) is 24.8 Å². The van der Waals surface area contributed by atoms with Gasteiger partial charge in [-0.05, 0) is 26.0 Å². The second-order valence-corrected chi connectivity index (χ2v) is 8.12. The number of aryl methyl sites for hydroxylation is 2. The first-order chi connectivity index (χ1) is 14.2. The molecule has 0 spiro atoms. The molecule has 11 heteroatoms. The van der Waals surface area contributed by atoms with Crippen molar-refractivity contribution in [3.63, 3.8) is 0 Å². The van der Waals surface area contributed by atoms with Gasteiger partial charge in [0.15, 0.2) is 11.5 Å². The molecule has 160 valence electrons. The minimum absolute atomic E-state index is 0.0311. The van der Waals surface area contributed by atoms with Gasteiger partial charge in [-0.3, -0.25) is 9.48 Å². The number of ether oxygens (including phenoxy) is 1. The number of nitrogens with zero attached hydrogens (tertiary/aromatic N) is 2. The van der Waals surface area contributed by atoms with Gasteiger partial charge in [0.05, 0.1) is 20.8 Å².